The van der Waals surface area contributed by atoms with Gasteiger partial charge in [-0.1, -0.05) is 0 Å². The minimum atomic E-state index is -1.83. The molecule has 0 heterocycles. The summed E-state index contributed by atoms with van der Waals surface area (Å²) in [6.45, 7) is 18.2. The second-order valence-corrected chi connectivity index (χ2v) is 15.5. The van der Waals surface area contributed by atoms with Gasteiger partial charge >= 0.3 is 133 Å². The van der Waals surface area contributed by atoms with Gasteiger partial charge in [0.1, 0.15) is 0 Å². The zero-order chi connectivity index (χ0) is 14.9. The summed E-state index contributed by atoms with van der Waals surface area (Å²) in [5, 5.41) is 0. The molecule has 1 rings (SSSR count). The Labute approximate surface area is 156 Å². The molecule has 124 valence electrons. The Morgan fingerprint density at radius 2 is 1.62 bits per heavy atom. The van der Waals surface area contributed by atoms with E-state index in [0.29, 0.717) is 0 Å². The van der Waals surface area contributed by atoms with E-state index in [4.69, 9.17) is 4.43 Å². The van der Waals surface area contributed by atoms with Crippen molar-refractivity contribution < 1.29 is 28.0 Å². The van der Waals surface area contributed by atoms with E-state index < -0.39 is 32.0 Å². The summed E-state index contributed by atoms with van der Waals surface area (Å²) >= 11 is -0.726. The smallest absolute Gasteiger partial charge is 0.147 e. The van der Waals surface area contributed by atoms with Gasteiger partial charge in [0.15, 0.2) is 0 Å². The monoisotopic (exact) mass is 429 g/mol. The fraction of sp³-hybridized carbons (Fsp3) is 0.733. The van der Waals surface area contributed by atoms with Gasteiger partial charge in [-0.05, 0) is 0 Å². The third-order valence-corrected chi connectivity index (χ3v) is 14.1. The fourth-order valence-corrected chi connectivity index (χ4v) is 11.7. The van der Waals surface area contributed by atoms with Crippen molar-refractivity contribution >= 4 is 33.3 Å². The summed E-state index contributed by atoms with van der Waals surface area (Å²) in [5.74, 6) is 0. The summed E-state index contributed by atoms with van der Waals surface area (Å²) < 4.78 is 10.9. The van der Waals surface area contributed by atoms with Crippen molar-refractivity contribution in [2.24, 2.45) is 0 Å². The molecule has 1 aliphatic carbocycles. The van der Waals surface area contributed by atoms with Crippen LogP contribution in [-0.2, 0) is 28.0 Å². The molecule has 0 amide bonds. The quantitative estimate of drug-likeness (QED) is 0.561. The first-order valence-electron chi connectivity index (χ1n) is 7.05. The molecule has 0 atom stereocenters. The molecule has 2 nitrogen and oxygen atoms in total. The van der Waals surface area contributed by atoms with Gasteiger partial charge in [0.25, 0.3) is 0 Å². The summed E-state index contributed by atoms with van der Waals surface area (Å²) in [5.41, 5.74) is 0.150. The molecule has 0 unspecified atom stereocenters. The Hall–Kier alpha value is 1.08. The van der Waals surface area contributed by atoms with Crippen molar-refractivity contribution in [2.45, 2.75) is 72.2 Å². The Morgan fingerprint density at radius 1 is 1.10 bits per heavy atom. The molecule has 0 radical (unpaired) electrons. The van der Waals surface area contributed by atoms with Gasteiger partial charge in [-0.25, -0.2) is 0 Å². The first-order chi connectivity index (χ1) is 8.42. The minimum Gasteiger partial charge on any atom is -0.147 e. The van der Waals surface area contributed by atoms with E-state index >= 15 is 0 Å². The van der Waals surface area contributed by atoms with Gasteiger partial charge in [-0.2, -0.15) is 0 Å². The number of nitrogens with zero attached hydrogens (tertiary/aromatic N) is 1. The summed E-state index contributed by atoms with van der Waals surface area (Å²) in [7, 11) is -1.83. The van der Waals surface area contributed by atoms with Crippen molar-refractivity contribution in [1.29, 1.82) is 0 Å². The van der Waals surface area contributed by atoms with Gasteiger partial charge < -0.3 is 0 Å². The van der Waals surface area contributed by atoms with Crippen molar-refractivity contribution in [3.63, 3.8) is 0 Å². The predicted molar refractivity (Wildman–Crippen MR) is 96.2 cm³/mol. The van der Waals surface area contributed by atoms with E-state index in [1.165, 1.54) is 6.42 Å². The molecule has 0 saturated carbocycles. The summed E-state index contributed by atoms with van der Waals surface area (Å²) in [6, 6.07) is 0. The summed E-state index contributed by atoms with van der Waals surface area (Å²) in [4.78, 5) is 0. The number of halogens is 2. The topological polar surface area (TPSA) is 12.5 Å². The number of hydrogen-bond donors (Lipinski definition) is 0. The normalized spacial score (nSPS) is 15.4. The average molecular weight is 432 g/mol. The molecule has 0 fully saturated rings. The van der Waals surface area contributed by atoms with Crippen LogP contribution in [0.25, 0.3) is 0 Å². The molecule has 1 aliphatic rings. The summed E-state index contributed by atoms with van der Waals surface area (Å²) in [6.07, 6.45) is 7.97. The third-order valence-electron chi connectivity index (χ3n) is 2.79. The van der Waals surface area contributed by atoms with Gasteiger partial charge in [0.05, 0.1) is 0 Å². The van der Waals surface area contributed by atoms with Crippen LogP contribution in [0.15, 0.2) is 21.5 Å². The molecule has 21 heavy (non-hydrogen) atoms. The third kappa shape index (κ3) is 8.48. The largest absolute Gasteiger partial charge is 0.147 e. The van der Waals surface area contributed by atoms with E-state index in [0.717, 1.165) is 0 Å². The van der Waals surface area contributed by atoms with Crippen LogP contribution in [0.3, 0.4) is 0 Å². The Bertz CT molecular complexity index is 384. The van der Waals surface area contributed by atoms with Gasteiger partial charge in [0, 0.05) is 0 Å². The first kappa shape index (κ1) is 24.3. The zero-order valence-corrected chi connectivity index (χ0v) is 19.7. The average Bonchev–Trinajstić information content (AvgIpc) is 2.59. The fourth-order valence-electron chi connectivity index (χ4n) is 2.58. The van der Waals surface area contributed by atoms with E-state index in [1.807, 2.05) is 0 Å². The SMILES string of the molecule is CC(C)(C)O[Si](C)(C)[N]([Zr][C]1=CC=CC1)C(C)(C)C.Cl.Cl. The Morgan fingerprint density at radius 3 is 1.95 bits per heavy atom. The van der Waals surface area contributed by atoms with Gasteiger partial charge in [-0.15, -0.1) is 24.8 Å². The molecule has 6 heteroatoms. The number of allylic oxidation sites excluding steroid dienone is 4. The van der Waals surface area contributed by atoms with Crippen molar-refractivity contribution in [3.05, 3.63) is 21.5 Å². The Kier molecular flexibility index (Phi) is 10.2. The van der Waals surface area contributed by atoms with E-state index in [1.54, 1.807) is 3.28 Å². The maximum atomic E-state index is 6.48. The molecule has 0 aromatic rings. The number of hydrogen-bond acceptors (Lipinski definition) is 2. The molecule has 0 aromatic heterocycles. The van der Waals surface area contributed by atoms with Crippen LogP contribution in [-0.4, -0.2) is 22.1 Å². The van der Waals surface area contributed by atoms with E-state index in [2.05, 4.69) is 75.4 Å². The van der Waals surface area contributed by atoms with Crippen LogP contribution < -0.4 is 0 Å². The van der Waals surface area contributed by atoms with E-state index in [-0.39, 0.29) is 36.0 Å². The van der Waals surface area contributed by atoms with Crippen LogP contribution in [0, 0.1) is 0 Å². The van der Waals surface area contributed by atoms with Crippen molar-refractivity contribution in [3.8, 4) is 0 Å². The van der Waals surface area contributed by atoms with Crippen LogP contribution in [0.1, 0.15) is 48.0 Å². The van der Waals surface area contributed by atoms with Crippen LogP contribution in [0.4, 0.5) is 0 Å². The molecule has 0 saturated heterocycles. The van der Waals surface area contributed by atoms with Crippen LogP contribution in [0.5, 0.6) is 0 Å². The molecule has 0 spiro atoms. The molecule has 0 N–H and O–H groups in total. The minimum absolute atomic E-state index is 0. The first-order valence-corrected chi connectivity index (χ1v) is 12.2. The van der Waals surface area contributed by atoms with Crippen molar-refractivity contribution in [2.75, 3.05) is 0 Å². The second kappa shape index (κ2) is 8.80. The van der Waals surface area contributed by atoms with Crippen molar-refractivity contribution in [1.82, 2.24) is 2.51 Å². The molecule has 0 aliphatic heterocycles. The molecular formula is C15H31Cl2NOSiZr. The predicted octanol–water partition coefficient (Wildman–Crippen LogP) is 5.29. The molecule has 0 aromatic carbocycles. The maximum absolute atomic E-state index is 6.48. The van der Waals surface area contributed by atoms with Gasteiger partial charge in [-0.3, -0.25) is 0 Å². The van der Waals surface area contributed by atoms with Crippen LogP contribution in [0.2, 0.25) is 13.1 Å². The number of rotatable bonds is 4. The van der Waals surface area contributed by atoms with Crippen LogP contribution >= 0.6 is 24.8 Å². The van der Waals surface area contributed by atoms with E-state index in [9.17, 15) is 0 Å². The Balaban J connectivity index is 0. The standard InChI is InChI=1S/C10H24NOSi.C5H5.2ClH.Zr/c1-9(2,3)11-13(7,8)12-10(4,5)6;1-2-4-5-3-1;;;/h1-8H3;1-3H,4H2;2*1H;/q-1;;;;+1. The zero-order valence-electron chi connectivity index (χ0n) is 14.6. The molecule has 0 bridgehead atoms. The van der Waals surface area contributed by atoms with Gasteiger partial charge in [0.2, 0.25) is 0 Å². The molecular weight excluding hydrogens is 400 g/mol. The maximum Gasteiger partial charge on any atom is -0.147 e. The second-order valence-electron chi connectivity index (χ2n) is 7.60.